The van der Waals surface area contributed by atoms with Gasteiger partial charge in [0.1, 0.15) is 11.3 Å². The number of halogens is 2. The second-order valence-electron chi connectivity index (χ2n) is 11.8. The second-order valence-corrected chi connectivity index (χ2v) is 14.9. The fourth-order valence-corrected chi connectivity index (χ4v) is 7.75. The maximum atomic E-state index is 13.8. The number of hydrogen-bond acceptors (Lipinski definition) is 8. The fourth-order valence-electron chi connectivity index (χ4n) is 5.32. The topological polar surface area (TPSA) is 101 Å². The number of imidazole rings is 1. The van der Waals surface area contributed by atoms with E-state index in [0.717, 1.165) is 16.7 Å². The number of benzene rings is 2. The lowest BCUT2D eigenvalue weighted by atomic mass is 9.85. The Balaban J connectivity index is 1.44. The first-order chi connectivity index (χ1) is 21.3. The summed E-state index contributed by atoms with van der Waals surface area (Å²) < 4.78 is 2.45. The third-order valence-corrected chi connectivity index (χ3v) is 10.5. The number of aryl methyl sites for hydroxylation is 2. The number of nitrogens with zero attached hydrogens (tertiary/aromatic N) is 5. The van der Waals surface area contributed by atoms with Crippen LogP contribution in [0.5, 0.6) is 0 Å². The monoisotopic (exact) mass is 677 g/mol. The van der Waals surface area contributed by atoms with Crippen LogP contribution < -0.4 is 4.90 Å². The average molecular weight is 679 g/mol. The molecule has 3 aromatic heterocycles. The summed E-state index contributed by atoms with van der Waals surface area (Å²) >= 11 is 15.0. The fraction of sp³-hybridized carbons (Fsp3) is 0.242. The number of hydrogen-bond donors (Lipinski definition) is 1. The van der Waals surface area contributed by atoms with Crippen molar-refractivity contribution in [2.75, 3.05) is 4.90 Å². The van der Waals surface area contributed by atoms with E-state index in [9.17, 15) is 14.7 Å². The van der Waals surface area contributed by atoms with E-state index in [1.165, 1.54) is 28.0 Å². The highest BCUT2D eigenvalue weighted by Crippen LogP contribution is 2.45. The van der Waals surface area contributed by atoms with Gasteiger partial charge in [-0.15, -0.1) is 10.2 Å². The van der Waals surface area contributed by atoms with Crippen LogP contribution in [0, 0.1) is 13.8 Å². The number of aliphatic hydroxyl groups is 1. The number of aromatic nitrogens is 4. The molecule has 1 amide bonds. The van der Waals surface area contributed by atoms with Gasteiger partial charge in [0.05, 0.1) is 17.3 Å². The predicted octanol–water partition coefficient (Wildman–Crippen LogP) is 8.33. The molecule has 1 fully saturated rings. The van der Waals surface area contributed by atoms with Crippen LogP contribution in [-0.2, 0) is 20.8 Å². The zero-order valence-corrected chi connectivity index (χ0v) is 28.3. The van der Waals surface area contributed by atoms with Gasteiger partial charge in [0.2, 0.25) is 5.13 Å². The number of fused-ring (bicyclic) bond motifs is 1. The highest BCUT2D eigenvalue weighted by molar-refractivity contribution is 8.00. The third-order valence-electron chi connectivity index (χ3n) is 7.81. The molecule has 0 spiro atoms. The van der Waals surface area contributed by atoms with Gasteiger partial charge < -0.3 is 9.51 Å². The lowest BCUT2D eigenvalue weighted by molar-refractivity contribution is -0.132. The molecule has 1 N–H and O–H groups in total. The summed E-state index contributed by atoms with van der Waals surface area (Å²) in [7, 11) is 0. The average Bonchev–Trinajstić information content (AvgIpc) is 3.67. The van der Waals surface area contributed by atoms with Crippen molar-refractivity contribution in [2.45, 2.75) is 56.2 Å². The number of anilines is 1. The molecule has 1 unspecified atom stereocenters. The standard InChI is InChI=1S/C33H29Cl2N5O3S2/c1-17-7-6-14-39-18(2)25(36-29(17)39)27(41)24-26(19-8-11-21(12-9-19)33(3,4)5)40(30(43)28(24)42)31-37-38-32(45-31)44-16-20-10-13-22(34)15-23(20)35/h6-15,26,41H,16H2,1-5H3. The Kier molecular flexibility index (Phi) is 8.28. The van der Waals surface area contributed by atoms with Crippen molar-refractivity contribution in [1.82, 2.24) is 19.6 Å². The van der Waals surface area contributed by atoms with E-state index < -0.39 is 17.7 Å². The van der Waals surface area contributed by atoms with E-state index in [2.05, 4.69) is 36.0 Å². The van der Waals surface area contributed by atoms with Crippen molar-refractivity contribution in [3.05, 3.63) is 110 Å². The highest BCUT2D eigenvalue weighted by Gasteiger charge is 2.49. The van der Waals surface area contributed by atoms with Crippen molar-refractivity contribution in [1.29, 1.82) is 0 Å². The van der Waals surface area contributed by atoms with Crippen LogP contribution in [0.1, 0.15) is 60.5 Å². The minimum atomic E-state index is -0.944. The van der Waals surface area contributed by atoms with Gasteiger partial charge in [-0.2, -0.15) is 0 Å². The van der Waals surface area contributed by atoms with E-state index in [4.69, 9.17) is 23.2 Å². The number of ketones is 1. The Morgan fingerprint density at radius 3 is 2.44 bits per heavy atom. The minimum Gasteiger partial charge on any atom is -0.505 e. The van der Waals surface area contributed by atoms with Gasteiger partial charge in [0.25, 0.3) is 5.78 Å². The van der Waals surface area contributed by atoms with Crippen molar-refractivity contribution >= 4 is 74.5 Å². The summed E-state index contributed by atoms with van der Waals surface area (Å²) in [6, 6.07) is 15.9. The van der Waals surface area contributed by atoms with Gasteiger partial charge in [-0.05, 0) is 59.7 Å². The molecule has 230 valence electrons. The van der Waals surface area contributed by atoms with E-state index in [-0.39, 0.29) is 27.6 Å². The van der Waals surface area contributed by atoms with E-state index in [0.29, 0.717) is 37.0 Å². The number of pyridine rings is 1. The number of thioether (sulfide) groups is 1. The van der Waals surface area contributed by atoms with Crippen LogP contribution in [-0.4, -0.2) is 36.4 Å². The minimum absolute atomic E-state index is 0.0509. The van der Waals surface area contributed by atoms with Gasteiger partial charge in [-0.1, -0.05) is 103 Å². The number of rotatable bonds is 6. The molecule has 0 aliphatic carbocycles. The molecule has 5 aromatic rings. The lowest BCUT2D eigenvalue weighted by Gasteiger charge is -2.24. The first-order valence-corrected chi connectivity index (χ1v) is 16.7. The number of aliphatic hydroxyl groups excluding tert-OH is 1. The first-order valence-electron chi connectivity index (χ1n) is 14.1. The van der Waals surface area contributed by atoms with Gasteiger partial charge >= 0.3 is 5.91 Å². The van der Waals surface area contributed by atoms with Crippen LogP contribution in [0.3, 0.4) is 0 Å². The largest absolute Gasteiger partial charge is 0.505 e. The SMILES string of the molecule is Cc1cccn2c(C)c(C(O)=C3C(=O)C(=O)N(c4nnc(SCc5ccc(Cl)cc5Cl)s4)C3c3ccc(C(C)(C)C)cc3)nc12. The molecule has 1 atom stereocenters. The van der Waals surface area contributed by atoms with Crippen LogP contribution in [0.2, 0.25) is 10.0 Å². The Bertz CT molecular complexity index is 2010. The van der Waals surface area contributed by atoms with Gasteiger partial charge in [-0.3, -0.25) is 14.5 Å². The number of carbonyl (C=O) groups excluding carboxylic acids is 2. The molecule has 8 nitrogen and oxygen atoms in total. The Morgan fingerprint density at radius 2 is 1.78 bits per heavy atom. The number of Topliss-reactive ketones (excluding diaryl/α,β-unsaturated/α-hetero) is 1. The summed E-state index contributed by atoms with van der Waals surface area (Å²) in [4.78, 5) is 33.5. The second kappa shape index (κ2) is 11.9. The third kappa shape index (κ3) is 5.76. The predicted molar refractivity (Wildman–Crippen MR) is 181 cm³/mol. The van der Waals surface area contributed by atoms with Crippen LogP contribution in [0.25, 0.3) is 11.4 Å². The zero-order valence-electron chi connectivity index (χ0n) is 25.1. The maximum absolute atomic E-state index is 13.8. The van der Waals surface area contributed by atoms with Crippen molar-refractivity contribution in [3.8, 4) is 0 Å². The normalized spacial score (nSPS) is 16.7. The molecule has 1 aliphatic heterocycles. The van der Waals surface area contributed by atoms with Crippen LogP contribution in [0.15, 0.2) is 70.7 Å². The Labute approximate surface area is 278 Å². The first kappa shape index (κ1) is 31.3. The number of carbonyl (C=O) groups is 2. The van der Waals surface area contributed by atoms with Crippen LogP contribution in [0.4, 0.5) is 5.13 Å². The van der Waals surface area contributed by atoms with Gasteiger partial charge in [-0.25, -0.2) is 4.98 Å². The summed E-state index contributed by atoms with van der Waals surface area (Å²) in [6.07, 6.45) is 1.85. The molecule has 6 rings (SSSR count). The summed E-state index contributed by atoms with van der Waals surface area (Å²) in [5.74, 6) is -1.44. The molecule has 0 saturated carbocycles. The summed E-state index contributed by atoms with van der Waals surface area (Å²) in [6.45, 7) is 10.1. The number of amides is 1. The Hall–Kier alpha value is -3.70. The molecule has 2 aromatic carbocycles. The van der Waals surface area contributed by atoms with Gasteiger partial charge in [0.15, 0.2) is 10.1 Å². The lowest BCUT2D eigenvalue weighted by Crippen LogP contribution is -2.29. The smallest absolute Gasteiger partial charge is 0.301 e. The molecule has 0 bridgehead atoms. The van der Waals surface area contributed by atoms with Gasteiger partial charge in [0, 0.05) is 22.0 Å². The zero-order chi connectivity index (χ0) is 32.2. The summed E-state index contributed by atoms with van der Waals surface area (Å²) in [5.41, 5.74) is 4.91. The molecule has 4 heterocycles. The van der Waals surface area contributed by atoms with Crippen molar-refractivity contribution in [3.63, 3.8) is 0 Å². The molecule has 45 heavy (non-hydrogen) atoms. The van der Waals surface area contributed by atoms with E-state index in [1.54, 1.807) is 12.1 Å². The van der Waals surface area contributed by atoms with Crippen molar-refractivity contribution < 1.29 is 14.7 Å². The quantitative estimate of drug-likeness (QED) is 0.0634. The molecule has 0 radical (unpaired) electrons. The molecular weight excluding hydrogens is 649 g/mol. The molecule has 12 heteroatoms. The van der Waals surface area contributed by atoms with E-state index in [1.807, 2.05) is 66.9 Å². The molecular formula is C33H29Cl2N5O3S2. The van der Waals surface area contributed by atoms with E-state index >= 15 is 0 Å². The molecule has 1 saturated heterocycles. The molecule has 1 aliphatic rings. The summed E-state index contributed by atoms with van der Waals surface area (Å²) in [5, 5.41) is 21.7. The van der Waals surface area contributed by atoms with Crippen LogP contribution >= 0.6 is 46.3 Å². The Morgan fingerprint density at radius 1 is 1.04 bits per heavy atom. The van der Waals surface area contributed by atoms with Crippen molar-refractivity contribution in [2.24, 2.45) is 0 Å². The highest BCUT2D eigenvalue weighted by atomic mass is 35.5. The maximum Gasteiger partial charge on any atom is 0.301 e.